The topological polar surface area (TPSA) is 50.7 Å². The molecule has 2 aliphatic rings. The van der Waals surface area contributed by atoms with Crippen LogP contribution < -0.4 is 5.32 Å². The second kappa shape index (κ2) is 7.53. The number of carbonyl (C=O) groups excluding carboxylic acids is 1. The van der Waals surface area contributed by atoms with Crippen LogP contribution in [0.3, 0.4) is 0 Å². The highest BCUT2D eigenvalue weighted by molar-refractivity contribution is 8.01. The SMILES string of the molecule is O=C(NC[C@@H]1CC(Cc2ccc(F)cc2)=NO1)C1SCCC1Cl. The molecule has 0 aliphatic carbocycles. The molecule has 3 rings (SSSR count). The van der Waals surface area contributed by atoms with E-state index >= 15 is 0 Å². The Labute approximate surface area is 143 Å². The molecule has 1 N–H and O–H groups in total. The van der Waals surface area contributed by atoms with Crippen LogP contribution in [-0.4, -0.2) is 40.6 Å². The molecule has 0 aromatic heterocycles. The van der Waals surface area contributed by atoms with Gasteiger partial charge in [-0.25, -0.2) is 4.39 Å². The van der Waals surface area contributed by atoms with E-state index in [2.05, 4.69) is 10.5 Å². The van der Waals surface area contributed by atoms with Crippen LogP contribution in [0.2, 0.25) is 0 Å². The summed E-state index contributed by atoms with van der Waals surface area (Å²) in [5.41, 5.74) is 1.90. The number of carbonyl (C=O) groups is 1. The number of nitrogens with one attached hydrogen (secondary N) is 1. The van der Waals surface area contributed by atoms with Crippen LogP contribution in [0.1, 0.15) is 18.4 Å². The lowest BCUT2D eigenvalue weighted by Gasteiger charge is -2.15. The third-order valence-electron chi connectivity index (χ3n) is 3.90. The summed E-state index contributed by atoms with van der Waals surface area (Å²) < 4.78 is 12.9. The van der Waals surface area contributed by atoms with Gasteiger partial charge in [-0.05, 0) is 29.9 Å². The first kappa shape index (κ1) is 16.6. The van der Waals surface area contributed by atoms with Crippen molar-refractivity contribution >= 4 is 35.0 Å². The largest absolute Gasteiger partial charge is 0.390 e. The minimum absolute atomic E-state index is 0.0249. The van der Waals surface area contributed by atoms with Gasteiger partial charge >= 0.3 is 0 Å². The molecule has 0 bridgehead atoms. The van der Waals surface area contributed by atoms with Crippen molar-refractivity contribution in [3.8, 4) is 0 Å². The Kier molecular flexibility index (Phi) is 5.43. The molecule has 23 heavy (non-hydrogen) atoms. The van der Waals surface area contributed by atoms with Gasteiger partial charge in [0.25, 0.3) is 0 Å². The van der Waals surface area contributed by atoms with Crippen molar-refractivity contribution in [3.63, 3.8) is 0 Å². The van der Waals surface area contributed by atoms with Gasteiger partial charge < -0.3 is 10.2 Å². The standard InChI is InChI=1S/C16H18ClFN2O2S/c17-14-5-6-23-15(14)16(21)19-9-13-8-12(20-22-13)7-10-1-3-11(18)4-2-10/h1-4,13-15H,5-9H2,(H,19,21)/t13-,14?,15?/m0/s1. The van der Waals surface area contributed by atoms with E-state index in [0.717, 1.165) is 23.4 Å². The Balaban J connectivity index is 1.42. The van der Waals surface area contributed by atoms with Crippen LogP contribution in [-0.2, 0) is 16.1 Å². The van der Waals surface area contributed by atoms with Gasteiger partial charge in [0.05, 0.1) is 22.9 Å². The van der Waals surface area contributed by atoms with Gasteiger partial charge in [0.15, 0.2) is 0 Å². The number of oxime groups is 1. The summed E-state index contributed by atoms with van der Waals surface area (Å²) in [4.78, 5) is 17.4. The molecule has 4 nitrogen and oxygen atoms in total. The van der Waals surface area contributed by atoms with E-state index in [-0.39, 0.29) is 28.5 Å². The maximum Gasteiger partial charge on any atom is 0.234 e. The van der Waals surface area contributed by atoms with Crippen LogP contribution in [0, 0.1) is 5.82 Å². The maximum absolute atomic E-state index is 12.9. The van der Waals surface area contributed by atoms with E-state index in [1.165, 1.54) is 12.1 Å². The van der Waals surface area contributed by atoms with Gasteiger partial charge in [0, 0.05) is 12.8 Å². The van der Waals surface area contributed by atoms with Gasteiger partial charge in [-0.3, -0.25) is 4.79 Å². The summed E-state index contributed by atoms with van der Waals surface area (Å²) in [5.74, 6) is 0.654. The number of nitrogens with zero attached hydrogens (tertiary/aromatic N) is 1. The third-order valence-corrected chi connectivity index (χ3v) is 5.89. The maximum atomic E-state index is 12.9. The fourth-order valence-corrected chi connectivity index (χ4v) is 4.45. The van der Waals surface area contributed by atoms with E-state index in [1.807, 2.05) is 0 Å². The number of hydrogen-bond acceptors (Lipinski definition) is 4. The second-order valence-corrected chi connectivity index (χ2v) is 7.54. The molecule has 1 aromatic rings. The third kappa shape index (κ3) is 4.38. The van der Waals surface area contributed by atoms with Gasteiger partial charge in [-0.1, -0.05) is 17.3 Å². The van der Waals surface area contributed by atoms with Crippen molar-refractivity contribution in [3.05, 3.63) is 35.6 Å². The van der Waals surface area contributed by atoms with Gasteiger partial charge in [0.1, 0.15) is 11.9 Å². The van der Waals surface area contributed by atoms with Crippen molar-refractivity contribution in [2.75, 3.05) is 12.3 Å². The summed E-state index contributed by atoms with van der Waals surface area (Å²) in [6.07, 6.45) is 2.02. The smallest absolute Gasteiger partial charge is 0.234 e. The lowest BCUT2D eigenvalue weighted by Crippen LogP contribution is -2.39. The Hall–Kier alpha value is -1.27. The highest BCUT2D eigenvalue weighted by atomic mass is 35.5. The number of hydrogen-bond donors (Lipinski definition) is 1. The minimum atomic E-state index is -0.249. The quantitative estimate of drug-likeness (QED) is 0.825. The highest BCUT2D eigenvalue weighted by Crippen LogP contribution is 2.30. The average molecular weight is 357 g/mol. The summed E-state index contributed by atoms with van der Waals surface area (Å²) >= 11 is 7.73. The first-order chi connectivity index (χ1) is 11.1. The van der Waals surface area contributed by atoms with E-state index < -0.39 is 0 Å². The van der Waals surface area contributed by atoms with Crippen molar-refractivity contribution in [1.29, 1.82) is 0 Å². The summed E-state index contributed by atoms with van der Waals surface area (Å²) in [6.45, 7) is 0.427. The molecule has 2 unspecified atom stereocenters. The van der Waals surface area contributed by atoms with Crippen molar-refractivity contribution in [2.24, 2.45) is 5.16 Å². The summed E-state index contributed by atoms with van der Waals surface area (Å²) in [5, 5.41) is 6.71. The van der Waals surface area contributed by atoms with Gasteiger partial charge in [-0.2, -0.15) is 0 Å². The predicted octanol–water partition coefficient (Wildman–Crippen LogP) is 2.74. The number of amides is 1. The first-order valence-corrected chi connectivity index (χ1v) is 9.10. The normalized spacial score (nSPS) is 26.7. The van der Waals surface area contributed by atoms with Crippen molar-refractivity contribution in [2.45, 2.75) is 36.0 Å². The van der Waals surface area contributed by atoms with Crippen molar-refractivity contribution < 1.29 is 14.0 Å². The summed E-state index contributed by atoms with van der Waals surface area (Å²) in [7, 11) is 0. The zero-order valence-electron chi connectivity index (χ0n) is 12.5. The lowest BCUT2D eigenvalue weighted by atomic mass is 10.0. The second-order valence-electron chi connectivity index (χ2n) is 5.73. The van der Waals surface area contributed by atoms with Gasteiger partial charge in [0.2, 0.25) is 5.91 Å². The molecule has 0 radical (unpaired) electrons. The lowest BCUT2D eigenvalue weighted by molar-refractivity contribution is -0.121. The highest BCUT2D eigenvalue weighted by Gasteiger charge is 2.33. The van der Waals surface area contributed by atoms with E-state index in [0.29, 0.717) is 19.4 Å². The first-order valence-electron chi connectivity index (χ1n) is 7.61. The molecule has 1 amide bonds. The fourth-order valence-electron chi connectivity index (χ4n) is 2.66. The molecule has 0 spiro atoms. The Bertz CT molecular complexity index is 596. The Morgan fingerprint density at radius 3 is 2.91 bits per heavy atom. The van der Waals surface area contributed by atoms with Crippen LogP contribution in [0.15, 0.2) is 29.4 Å². The monoisotopic (exact) mass is 356 g/mol. The molecule has 1 fully saturated rings. The Morgan fingerprint density at radius 1 is 1.43 bits per heavy atom. The van der Waals surface area contributed by atoms with Crippen LogP contribution >= 0.6 is 23.4 Å². The van der Waals surface area contributed by atoms with Crippen LogP contribution in [0.5, 0.6) is 0 Å². The molecule has 124 valence electrons. The zero-order valence-corrected chi connectivity index (χ0v) is 14.1. The number of thioether (sulfide) groups is 1. The number of halogens is 2. The molecule has 2 heterocycles. The minimum Gasteiger partial charge on any atom is -0.390 e. The molecule has 0 saturated carbocycles. The number of benzene rings is 1. The molecule has 2 aliphatic heterocycles. The Morgan fingerprint density at radius 2 is 2.22 bits per heavy atom. The van der Waals surface area contributed by atoms with Crippen LogP contribution in [0.25, 0.3) is 0 Å². The van der Waals surface area contributed by atoms with Crippen LogP contribution in [0.4, 0.5) is 4.39 Å². The number of rotatable bonds is 5. The fraction of sp³-hybridized carbons (Fsp3) is 0.500. The molecular weight excluding hydrogens is 339 g/mol. The van der Waals surface area contributed by atoms with Gasteiger partial charge in [-0.15, -0.1) is 23.4 Å². The molecule has 7 heteroatoms. The predicted molar refractivity (Wildman–Crippen MR) is 90.5 cm³/mol. The van der Waals surface area contributed by atoms with E-state index in [9.17, 15) is 9.18 Å². The van der Waals surface area contributed by atoms with Crippen molar-refractivity contribution in [1.82, 2.24) is 5.32 Å². The summed E-state index contributed by atoms with van der Waals surface area (Å²) in [6, 6.07) is 6.35. The molecule has 1 aromatic carbocycles. The molecule has 1 saturated heterocycles. The average Bonchev–Trinajstić information content (AvgIpc) is 3.16. The van der Waals surface area contributed by atoms with E-state index in [1.54, 1.807) is 23.9 Å². The zero-order chi connectivity index (χ0) is 16.2. The molecular formula is C16H18ClFN2O2S. The molecule has 3 atom stereocenters. The van der Waals surface area contributed by atoms with E-state index in [4.69, 9.17) is 16.4 Å². The number of alkyl halides is 1.